The molecule has 2 aliphatic rings. The molecule has 2 fully saturated rings. The second-order valence-corrected chi connectivity index (χ2v) is 5.56. The SMILES string of the molecule is CC(C(=O)N(C)CC1CCCNC1)C1CC1. The summed E-state index contributed by atoms with van der Waals surface area (Å²) in [5.74, 6) is 1.95. The minimum Gasteiger partial charge on any atom is -0.345 e. The normalized spacial score (nSPS) is 27.5. The maximum Gasteiger partial charge on any atom is 0.225 e. The Balaban J connectivity index is 1.76. The van der Waals surface area contributed by atoms with Gasteiger partial charge in [-0.25, -0.2) is 0 Å². The van der Waals surface area contributed by atoms with E-state index in [2.05, 4.69) is 12.2 Å². The fourth-order valence-corrected chi connectivity index (χ4v) is 2.70. The van der Waals surface area contributed by atoms with Crippen molar-refractivity contribution in [3.05, 3.63) is 0 Å². The zero-order valence-electron chi connectivity index (χ0n) is 10.5. The summed E-state index contributed by atoms with van der Waals surface area (Å²) in [7, 11) is 1.97. The van der Waals surface area contributed by atoms with Gasteiger partial charge >= 0.3 is 0 Å². The highest BCUT2D eigenvalue weighted by Crippen LogP contribution is 2.37. The number of amides is 1. The Hall–Kier alpha value is -0.570. The maximum atomic E-state index is 12.1. The summed E-state index contributed by atoms with van der Waals surface area (Å²) in [5.41, 5.74) is 0. The molecule has 0 bridgehead atoms. The molecule has 2 atom stereocenters. The zero-order valence-corrected chi connectivity index (χ0v) is 10.5. The van der Waals surface area contributed by atoms with E-state index in [-0.39, 0.29) is 5.92 Å². The lowest BCUT2D eigenvalue weighted by molar-refractivity contribution is -0.134. The topological polar surface area (TPSA) is 32.3 Å². The highest BCUT2D eigenvalue weighted by atomic mass is 16.2. The van der Waals surface area contributed by atoms with Crippen LogP contribution in [0.5, 0.6) is 0 Å². The van der Waals surface area contributed by atoms with E-state index in [0.29, 0.717) is 17.7 Å². The number of carbonyl (C=O) groups is 1. The van der Waals surface area contributed by atoms with Crippen molar-refractivity contribution >= 4 is 5.91 Å². The van der Waals surface area contributed by atoms with Gasteiger partial charge in [-0.05, 0) is 50.6 Å². The van der Waals surface area contributed by atoms with Crippen molar-refractivity contribution in [3.8, 4) is 0 Å². The van der Waals surface area contributed by atoms with Crippen LogP contribution in [0.15, 0.2) is 0 Å². The Kier molecular flexibility index (Phi) is 3.85. The first-order valence-corrected chi connectivity index (χ1v) is 6.64. The van der Waals surface area contributed by atoms with Crippen molar-refractivity contribution in [2.75, 3.05) is 26.7 Å². The third-order valence-corrected chi connectivity index (χ3v) is 4.03. The molecule has 2 unspecified atom stereocenters. The molecule has 1 N–H and O–H groups in total. The van der Waals surface area contributed by atoms with Crippen LogP contribution in [0.25, 0.3) is 0 Å². The summed E-state index contributed by atoms with van der Waals surface area (Å²) in [4.78, 5) is 14.1. The van der Waals surface area contributed by atoms with Gasteiger partial charge in [0.25, 0.3) is 0 Å². The summed E-state index contributed by atoms with van der Waals surface area (Å²) in [6, 6.07) is 0. The van der Waals surface area contributed by atoms with Crippen LogP contribution in [0.4, 0.5) is 0 Å². The number of hydrogen-bond donors (Lipinski definition) is 1. The molecule has 3 heteroatoms. The van der Waals surface area contributed by atoms with Crippen LogP contribution in [0.2, 0.25) is 0 Å². The fraction of sp³-hybridized carbons (Fsp3) is 0.923. The molecule has 3 nitrogen and oxygen atoms in total. The first-order chi connectivity index (χ1) is 7.68. The Bertz CT molecular complexity index is 244. The molecule has 2 rings (SSSR count). The van der Waals surface area contributed by atoms with Gasteiger partial charge in [-0.1, -0.05) is 6.92 Å². The van der Waals surface area contributed by atoms with Crippen LogP contribution < -0.4 is 5.32 Å². The van der Waals surface area contributed by atoms with Crippen LogP contribution in [-0.4, -0.2) is 37.5 Å². The Labute approximate surface area is 98.6 Å². The Morgan fingerprint density at radius 3 is 2.75 bits per heavy atom. The molecule has 1 amide bonds. The molecule has 1 saturated heterocycles. The average Bonchev–Trinajstić information content (AvgIpc) is 3.12. The van der Waals surface area contributed by atoms with Crippen LogP contribution in [0, 0.1) is 17.8 Å². The van der Waals surface area contributed by atoms with Gasteiger partial charge in [0.15, 0.2) is 0 Å². The molecule has 0 aromatic heterocycles. The van der Waals surface area contributed by atoms with E-state index in [1.165, 1.54) is 25.7 Å². The average molecular weight is 224 g/mol. The van der Waals surface area contributed by atoms with Crippen molar-refractivity contribution in [2.45, 2.75) is 32.6 Å². The highest BCUT2D eigenvalue weighted by Gasteiger charge is 2.34. The molecular formula is C13H24N2O. The number of nitrogens with one attached hydrogen (secondary N) is 1. The van der Waals surface area contributed by atoms with Gasteiger partial charge in [-0.2, -0.15) is 0 Å². The zero-order chi connectivity index (χ0) is 11.5. The van der Waals surface area contributed by atoms with Crippen molar-refractivity contribution in [1.82, 2.24) is 10.2 Å². The van der Waals surface area contributed by atoms with E-state index >= 15 is 0 Å². The van der Waals surface area contributed by atoms with Gasteiger partial charge in [-0.15, -0.1) is 0 Å². The van der Waals surface area contributed by atoms with E-state index in [4.69, 9.17) is 0 Å². The lowest BCUT2D eigenvalue weighted by Crippen LogP contribution is -2.41. The van der Waals surface area contributed by atoms with Gasteiger partial charge < -0.3 is 10.2 Å². The molecular weight excluding hydrogens is 200 g/mol. The number of carbonyl (C=O) groups excluding carboxylic acids is 1. The summed E-state index contributed by atoms with van der Waals surface area (Å²) in [6.45, 7) is 5.25. The van der Waals surface area contributed by atoms with Gasteiger partial charge in [0.2, 0.25) is 5.91 Å². The standard InChI is InChI=1S/C13H24N2O/c1-10(12-5-6-12)13(16)15(2)9-11-4-3-7-14-8-11/h10-12,14H,3-9H2,1-2H3. The number of hydrogen-bond acceptors (Lipinski definition) is 2. The van der Waals surface area contributed by atoms with Crippen LogP contribution in [-0.2, 0) is 4.79 Å². The van der Waals surface area contributed by atoms with Crippen molar-refractivity contribution in [2.24, 2.45) is 17.8 Å². The van der Waals surface area contributed by atoms with Crippen LogP contribution in [0.1, 0.15) is 32.6 Å². The first kappa shape index (κ1) is 11.9. The predicted molar refractivity (Wildman–Crippen MR) is 65.1 cm³/mol. The minimum absolute atomic E-state index is 0.251. The third-order valence-electron chi connectivity index (χ3n) is 4.03. The molecule has 0 spiro atoms. The van der Waals surface area contributed by atoms with Gasteiger partial charge in [0.05, 0.1) is 0 Å². The summed E-state index contributed by atoms with van der Waals surface area (Å²) >= 11 is 0. The molecule has 0 radical (unpaired) electrons. The van der Waals surface area contributed by atoms with Crippen molar-refractivity contribution in [3.63, 3.8) is 0 Å². The van der Waals surface area contributed by atoms with E-state index in [0.717, 1.165) is 19.6 Å². The first-order valence-electron chi connectivity index (χ1n) is 6.64. The van der Waals surface area contributed by atoms with Crippen LogP contribution >= 0.6 is 0 Å². The smallest absolute Gasteiger partial charge is 0.225 e. The molecule has 0 aromatic carbocycles. The summed E-state index contributed by atoms with van der Waals surface area (Å²) in [6.07, 6.45) is 5.03. The number of rotatable bonds is 4. The Morgan fingerprint density at radius 1 is 1.44 bits per heavy atom. The van der Waals surface area contributed by atoms with E-state index in [9.17, 15) is 4.79 Å². The van der Waals surface area contributed by atoms with Gasteiger partial charge in [-0.3, -0.25) is 4.79 Å². The van der Waals surface area contributed by atoms with E-state index in [1.54, 1.807) is 0 Å². The van der Waals surface area contributed by atoms with Gasteiger partial charge in [0.1, 0.15) is 0 Å². The lowest BCUT2D eigenvalue weighted by atomic mass is 9.98. The second kappa shape index (κ2) is 5.17. The van der Waals surface area contributed by atoms with E-state index < -0.39 is 0 Å². The quantitative estimate of drug-likeness (QED) is 0.784. The third kappa shape index (κ3) is 2.97. The minimum atomic E-state index is 0.251. The largest absolute Gasteiger partial charge is 0.345 e. The molecule has 92 valence electrons. The molecule has 1 aliphatic heterocycles. The Morgan fingerprint density at radius 2 is 2.19 bits per heavy atom. The molecule has 16 heavy (non-hydrogen) atoms. The molecule has 0 aromatic rings. The lowest BCUT2D eigenvalue weighted by Gasteiger charge is -2.29. The highest BCUT2D eigenvalue weighted by molar-refractivity contribution is 5.78. The summed E-state index contributed by atoms with van der Waals surface area (Å²) in [5, 5.41) is 3.41. The molecule has 1 saturated carbocycles. The van der Waals surface area contributed by atoms with Gasteiger partial charge in [0, 0.05) is 19.5 Å². The second-order valence-electron chi connectivity index (χ2n) is 5.56. The summed E-state index contributed by atoms with van der Waals surface area (Å²) < 4.78 is 0. The van der Waals surface area contributed by atoms with Crippen molar-refractivity contribution < 1.29 is 4.79 Å². The van der Waals surface area contributed by atoms with Crippen molar-refractivity contribution in [1.29, 1.82) is 0 Å². The number of nitrogens with zero attached hydrogens (tertiary/aromatic N) is 1. The maximum absolute atomic E-state index is 12.1. The predicted octanol–water partition coefficient (Wildman–Crippen LogP) is 1.49. The molecule has 1 aliphatic carbocycles. The van der Waals surface area contributed by atoms with E-state index in [1.807, 2.05) is 11.9 Å². The fourth-order valence-electron chi connectivity index (χ4n) is 2.70. The number of piperidine rings is 1. The van der Waals surface area contributed by atoms with Crippen LogP contribution in [0.3, 0.4) is 0 Å². The monoisotopic (exact) mass is 224 g/mol. The molecule has 1 heterocycles.